The number of aliphatic imine (C=N–C) groups is 1. The third kappa shape index (κ3) is 8.39. The van der Waals surface area contributed by atoms with E-state index in [4.69, 9.17) is 4.74 Å². The number of halogens is 1. The van der Waals surface area contributed by atoms with Crippen LogP contribution in [0.3, 0.4) is 0 Å². The minimum atomic E-state index is 0. The molecule has 1 atom stereocenters. The number of guanidine groups is 1. The molecule has 2 N–H and O–H groups in total. The van der Waals surface area contributed by atoms with Crippen molar-refractivity contribution in [1.29, 1.82) is 0 Å². The van der Waals surface area contributed by atoms with Crippen LogP contribution in [-0.2, 0) is 11.2 Å². The van der Waals surface area contributed by atoms with Crippen LogP contribution in [0.1, 0.15) is 29.8 Å². The quantitative estimate of drug-likeness (QED) is 0.306. The zero-order valence-electron chi connectivity index (χ0n) is 19.0. The fraction of sp³-hybridized carbons (Fsp3) is 0.636. The van der Waals surface area contributed by atoms with E-state index in [0.29, 0.717) is 12.0 Å². The number of nitrogens with zero attached hydrogens (tertiary/aromatic N) is 3. The van der Waals surface area contributed by atoms with Crippen LogP contribution in [0.5, 0.6) is 0 Å². The topological polar surface area (TPSA) is 69.2 Å². The van der Waals surface area contributed by atoms with Gasteiger partial charge in [-0.1, -0.05) is 26.0 Å². The maximum atomic E-state index is 12.1. The molecule has 0 aromatic heterocycles. The van der Waals surface area contributed by atoms with E-state index in [1.54, 1.807) is 26.0 Å². The Labute approximate surface area is 198 Å². The molecule has 0 aliphatic carbocycles. The highest BCUT2D eigenvalue weighted by atomic mass is 127. The summed E-state index contributed by atoms with van der Waals surface area (Å²) in [4.78, 5) is 20.6. The molecule has 1 aliphatic heterocycles. The molecule has 1 amide bonds. The van der Waals surface area contributed by atoms with E-state index in [1.807, 2.05) is 18.2 Å². The molecule has 1 aromatic rings. The summed E-state index contributed by atoms with van der Waals surface area (Å²) in [5, 5.41) is 6.86. The molecule has 1 saturated heterocycles. The number of carbonyl (C=O) groups is 1. The van der Waals surface area contributed by atoms with E-state index < -0.39 is 0 Å². The zero-order valence-corrected chi connectivity index (χ0v) is 21.3. The van der Waals surface area contributed by atoms with Gasteiger partial charge in [0.2, 0.25) is 0 Å². The first-order valence-corrected chi connectivity index (χ1v) is 10.5. The Hall–Kier alpha value is -1.39. The number of morpholine rings is 1. The van der Waals surface area contributed by atoms with Crippen molar-refractivity contribution in [3.63, 3.8) is 0 Å². The molecule has 1 aromatic carbocycles. The number of nitrogens with one attached hydrogen (secondary N) is 2. The minimum absolute atomic E-state index is 0. The second kappa shape index (κ2) is 13.8. The first-order chi connectivity index (χ1) is 13.9. The Morgan fingerprint density at radius 2 is 1.93 bits per heavy atom. The van der Waals surface area contributed by atoms with Gasteiger partial charge in [0.1, 0.15) is 0 Å². The molecule has 1 fully saturated rings. The number of ether oxygens (including phenoxy) is 1. The molecule has 0 spiro atoms. The lowest BCUT2D eigenvalue weighted by Crippen LogP contribution is -2.52. The molecule has 0 bridgehead atoms. The van der Waals surface area contributed by atoms with Crippen LogP contribution in [0.15, 0.2) is 29.3 Å². The Kier molecular flexibility index (Phi) is 12.3. The average Bonchev–Trinajstić information content (AvgIpc) is 2.72. The second-order valence-electron chi connectivity index (χ2n) is 7.99. The fourth-order valence-corrected chi connectivity index (χ4v) is 3.56. The molecule has 0 radical (unpaired) electrons. The van der Waals surface area contributed by atoms with Gasteiger partial charge >= 0.3 is 0 Å². The predicted molar refractivity (Wildman–Crippen MR) is 134 cm³/mol. The highest BCUT2D eigenvalue weighted by Crippen LogP contribution is 2.12. The molecule has 170 valence electrons. The van der Waals surface area contributed by atoms with Crippen LogP contribution in [0.25, 0.3) is 0 Å². The fourth-order valence-electron chi connectivity index (χ4n) is 3.56. The third-order valence-corrected chi connectivity index (χ3v) is 5.27. The van der Waals surface area contributed by atoms with E-state index in [2.05, 4.69) is 40.4 Å². The molecule has 1 heterocycles. The van der Waals surface area contributed by atoms with E-state index in [-0.39, 0.29) is 29.9 Å². The smallest absolute Gasteiger partial charge is 0.253 e. The van der Waals surface area contributed by atoms with E-state index in [0.717, 1.165) is 62.9 Å². The Morgan fingerprint density at radius 1 is 1.23 bits per heavy atom. The molecule has 1 aliphatic rings. The lowest BCUT2D eigenvalue weighted by atomic mass is 10.0. The van der Waals surface area contributed by atoms with Gasteiger partial charge in [0.15, 0.2) is 5.96 Å². The van der Waals surface area contributed by atoms with Crippen LogP contribution >= 0.6 is 24.0 Å². The van der Waals surface area contributed by atoms with Gasteiger partial charge < -0.3 is 20.3 Å². The van der Waals surface area contributed by atoms with Crippen molar-refractivity contribution in [2.24, 2.45) is 10.9 Å². The normalized spacial score (nSPS) is 16.0. The van der Waals surface area contributed by atoms with Gasteiger partial charge in [0.05, 0.1) is 13.2 Å². The SMILES string of the molecule is CN=C(NCCc1cccc(C(=O)N(C)C)c1)NCC(C(C)C)N1CCOCC1.I. The molecule has 2 rings (SSSR count). The van der Waals surface area contributed by atoms with Gasteiger partial charge in [0.25, 0.3) is 5.91 Å². The lowest BCUT2D eigenvalue weighted by molar-refractivity contribution is 0.00752. The monoisotopic (exact) mass is 531 g/mol. The first-order valence-electron chi connectivity index (χ1n) is 10.5. The number of amides is 1. The van der Waals surface area contributed by atoms with Crippen LogP contribution < -0.4 is 10.6 Å². The minimum Gasteiger partial charge on any atom is -0.379 e. The number of benzene rings is 1. The lowest BCUT2D eigenvalue weighted by Gasteiger charge is -2.37. The van der Waals surface area contributed by atoms with Crippen molar-refractivity contribution in [2.75, 3.05) is 60.5 Å². The van der Waals surface area contributed by atoms with Gasteiger partial charge in [0, 0.05) is 58.9 Å². The maximum absolute atomic E-state index is 12.1. The molecule has 1 unspecified atom stereocenters. The van der Waals surface area contributed by atoms with Crippen molar-refractivity contribution in [3.8, 4) is 0 Å². The van der Waals surface area contributed by atoms with Gasteiger partial charge in [-0.05, 0) is 30.0 Å². The van der Waals surface area contributed by atoms with E-state index in [9.17, 15) is 4.79 Å². The highest BCUT2D eigenvalue weighted by Gasteiger charge is 2.23. The summed E-state index contributed by atoms with van der Waals surface area (Å²) in [5.41, 5.74) is 1.86. The van der Waals surface area contributed by atoms with Crippen LogP contribution in [0.4, 0.5) is 0 Å². The summed E-state index contributed by atoms with van der Waals surface area (Å²) in [6, 6.07) is 8.27. The number of carbonyl (C=O) groups excluding carboxylic acids is 1. The van der Waals surface area contributed by atoms with E-state index >= 15 is 0 Å². The summed E-state index contributed by atoms with van der Waals surface area (Å²) in [6.45, 7) is 9.72. The van der Waals surface area contributed by atoms with Gasteiger partial charge in [-0.2, -0.15) is 0 Å². The molecule has 30 heavy (non-hydrogen) atoms. The second-order valence-corrected chi connectivity index (χ2v) is 7.99. The third-order valence-electron chi connectivity index (χ3n) is 5.27. The number of rotatable bonds is 8. The van der Waals surface area contributed by atoms with Gasteiger partial charge in [-0.15, -0.1) is 24.0 Å². The maximum Gasteiger partial charge on any atom is 0.253 e. The van der Waals surface area contributed by atoms with Crippen molar-refractivity contribution < 1.29 is 9.53 Å². The van der Waals surface area contributed by atoms with Crippen molar-refractivity contribution >= 4 is 35.8 Å². The van der Waals surface area contributed by atoms with Crippen molar-refractivity contribution in [3.05, 3.63) is 35.4 Å². The van der Waals surface area contributed by atoms with Crippen molar-refractivity contribution in [2.45, 2.75) is 26.3 Å². The number of hydrogen-bond acceptors (Lipinski definition) is 4. The summed E-state index contributed by atoms with van der Waals surface area (Å²) < 4.78 is 5.49. The molecular formula is C22H38IN5O2. The first kappa shape index (κ1) is 26.6. The highest BCUT2D eigenvalue weighted by molar-refractivity contribution is 14.0. The molecule has 8 heteroatoms. The molecule has 7 nitrogen and oxygen atoms in total. The Morgan fingerprint density at radius 3 is 2.53 bits per heavy atom. The Balaban J connectivity index is 0.00000450. The summed E-state index contributed by atoms with van der Waals surface area (Å²) in [6.07, 6.45) is 0.826. The average molecular weight is 531 g/mol. The van der Waals surface area contributed by atoms with Crippen molar-refractivity contribution in [1.82, 2.24) is 20.4 Å². The van der Waals surface area contributed by atoms with Crippen LogP contribution in [0.2, 0.25) is 0 Å². The summed E-state index contributed by atoms with van der Waals surface area (Å²) in [7, 11) is 5.34. The largest absolute Gasteiger partial charge is 0.379 e. The summed E-state index contributed by atoms with van der Waals surface area (Å²) in [5.74, 6) is 1.39. The predicted octanol–water partition coefficient (Wildman–Crippen LogP) is 2.07. The standard InChI is InChI=1S/C22H37N5O2.HI/c1-17(2)20(27-11-13-29-14-12-27)16-25-22(23-3)24-10-9-18-7-6-8-19(15-18)21(28)26(4)5;/h6-8,15,17,20H,9-14,16H2,1-5H3,(H2,23,24,25);1H. The van der Waals surface area contributed by atoms with Crippen LogP contribution in [-0.4, -0.2) is 88.2 Å². The molecular weight excluding hydrogens is 493 g/mol. The molecule has 0 saturated carbocycles. The van der Waals surface area contributed by atoms with E-state index in [1.165, 1.54) is 0 Å². The Bertz CT molecular complexity index is 675. The van der Waals surface area contributed by atoms with Crippen LogP contribution in [0, 0.1) is 5.92 Å². The number of hydrogen-bond donors (Lipinski definition) is 2. The van der Waals surface area contributed by atoms with Gasteiger partial charge in [-0.25, -0.2) is 0 Å². The van der Waals surface area contributed by atoms with Gasteiger partial charge in [-0.3, -0.25) is 14.7 Å². The zero-order chi connectivity index (χ0) is 21.2. The summed E-state index contributed by atoms with van der Waals surface area (Å²) >= 11 is 0.